The Bertz CT molecular complexity index is 712. The Morgan fingerprint density at radius 1 is 1.48 bits per heavy atom. The van der Waals surface area contributed by atoms with E-state index < -0.39 is 0 Å². The summed E-state index contributed by atoms with van der Waals surface area (Å²) in [6, 6.07) is 7.55. The van der Waals surface area contributed by atoms with Crippen molar-refractivity contribution in [1.29, 1.82) is 0 Å². The Hall–Kier alpha value is -1.85. The third-order valence-corrected chi connectivity index (χ3v) is 4.47. The maximum atomic E-state index is 12.8. The first-order valence-electron chi connectivity index (χ1n) is 7.98. The number of carbonyl (C=O) groups excluding carboxylic acids is 1. The van der Waals surface area contributed by atoms with Crippen LogP contribution in [0, 0.1) is 0 Å². The largest absolute Gasteiger partial charge is 0.337 e. The van der Waals surface area contributed by atoms with Crippen LogP contribution in [-0.4, -0.2) is 39.7 Å². The number of halogens is 1. The van der Waals surface area contributed by atoms with Crippen molar-refractivity contribution in [2.75, 3.05) is 13.1 Å². The van der Waals surface area contributed by atoms with Gasteiger partial charge in [0.05, 0.1) is 23.1 Å². The van der Waals surface area contributed by atoms with E-state index in [1.807, 2.05) is 36.1 Å². The van der Waals surface area contributed by atoms with Crippen LogP contribution in [0.1, 0.15) is 35.8 Å². The van der Waals surface area contributed by atoms with Gasteiger partial charge in [0.15, 0.2) is 0 Å². The molecule has 1 aliphatic rings. The number of aromatic nitrogens is 2. The second-order valence-electron chi connectivity index (χ2n) is 5.90. The number of carbonyl (C=O) groups is 1. The molecule has 0 spiro atoms. The summed E-state index contributed by atoms with van der Waals surface area (Å²) in [5.41, 5.74) is 8.41. The molecular formula is C17H21ClN4O. The van der Waals surface area contributed by atoms with Gasteiger partial charge < -0.3 is 10.6 Å². The number of nitrogens with zero attached hydrogens (tertiary/aromatic N) is 3. The van der Waals surface area contributed by atoms with E-state index in [0.29, 0.717) is 23.6 Å². The van der Waals surface area contributed by atoms with E-state index in [2.05, 4.69) is 5.10 Å². The molecule has 1 saturated heterocycles. The summed E-state index contributed by atoms with van der Waals surface area (Å²) in [6.07, 6.45) is 4.30. The summed E-state index contributed by atoms with van der Waals surface area (Å²) >= 11 is 6.07. The van der Waals surface area contributed by atoms with Crippen LogP contribution < -0.4 is 5.73 Å². The van der Waals surface area contributed by atoms with Crippen molar-refractivity contribution in [3.05, 3.63) is 46.7 Å². The number of benzene rings is 1. The second-order valence-corrected chi connectivity index (χ2v) is 6.34. The molecule has 0 saturated carbocycles. The molecule has 6 heteroatoms. The quantitative estimate of drug-likeness (QED) is 0.939. The van der Waals surface area contributed by atoms with E-state index in [4.69, 9.17) is 17.3 Å². The van der Waals surface area contributed by atoms with Gasteiger partial charge in [-0.2, -0.15) is 5.10 Å². The van der Waals surface area contributed by atoms with Crippen LogP contribution in [0.15, 0.2) is 30.5 Å². The normalized spacial score (nSPS) is 18.2. The third-order valence-electron chi connectivity index (χ3n) is 4.23. The molecule has 1 amide bonds. The lowest BCUT2D eigenvalue weighted by Gasteiger charge is -2.30. The minimum absolute atomic E-state index is 0.0188. The minimum Gasteiger partial charge on any atom is -0.337 e. The van der Waals surface area contributed by atoms with Gasteiger partial charge in [-0.3, -0.25) is 4.79 Å². The molecule has 1 unspecified atom stereocenters. The van der Waals surface area contributed by atoms with Crippen molar-refractivity contribution in [2.24, 2.45) is 5.73 Å². The topological polar surface area (TPSA) is 64.2 Å². The predicted octanol–water partition coefficient (Wildman–Crippen LogP) is 2.65. The number of rotatable bonds is 3. The standard InChI is InChI=1S/C17H21ClN4O/c1-2-16-15(17(23)21-8-4-6-13(19)11-21)10-20-22(16)14-7-3-5-12(18)9-14/h3,5,7,9-10,13H,2,4,6,8,11,19H2,1H3. The lowest BCUT2D eigenvalue weighted by atomic mass is 10.1. The Morgan fingerprint density at radius 2 is 2.30 bits per heavy atom. The fraction of sp³-hybridized carbons (Fsp3) is 0.412. The first-order valence-corrected chi connectivity index (χ1v) is 8.35. The number of piperidine rings is 1. The van der Waals surface area contributed by atoms with Gasteiger partial charge in [-0.15, -0.1) is 0 Å². The van der Waals surface area contributed by atoms with Crippen LogP contribution in [0.5, 0.6) is 0 Å². The van der Waals surface area contributed by atoms with E-state index in [9.17, 15) is 4.79 Å². The summed E-state index contributed by atoms with van der Waals surface area (Å²) in [5.74, 6) is 0.0188. The van der Waals surface area contributed by atoms with Crippen molar-refractivity contribution >= 4 is 17.5 Å². The zero-order chi connectivity index (χ0) is 16.4. The lowest BCUT2D eigenvalue weighted by Crippen LogP contribution is -2.45. The van der Waals surface area contributed by atoms with E-state index in [0.717, 1.165) is 30.8 Å². The second kappa shape index (κ2) is 6.72. The predicted molar refractivity (Wildman–Crippen MR) is 91.1 cm³/mol. The molecule has 5 nitrogen and oxygen atoms in total. The van der Waals surface area contributed by atoms with Gasteiger partial charge in [0.25, 0.3) is 5.91 Å². The molecule has 2 N–H and O–H groups in total. The fourth-order valence-electron chi connectivity index (χ4n) is 3.09. The molecule has 122 valence electrons. The number of likely N-dealkylation sites (tertiary alicyclic amines) is 1. The van der Waals surface area contributed by atoms with E-state index in [-0.39, 0.29) is 11.9 Å². The number of hydrogen-bond acceptors (Lipinski definition) is 3. The maximum absolute atomic E-state index is 12.8. The van der Waals surface area contributed by atoms with E-state index in [1.54, 1.807) is 10.9 Å². The molecule has 1 aromatic carbocycles. The van der Waals surface area contributed by atoms with Crippen molar-refractivity contribution in [3.8, 4) is 5.69 Å². The van der Waals surface area contributed by atoms with Crippen molar-refractivity contribution in [1.82, 2.24) is 14.7 Å². The molecule has 23 heavy (non-hydrogen) atoms. The summed E-state index contributed by atoms with van der Waals surface area (Å²) in [7, 11) is 0. The van der Waals surface area contributed by atoms with Gasteiger partial charge in [-0.1, -0.05) is 24.6 Å². The van der Waals surface area contributed by atoms with Crippen LogP contribution in [0.3, 0.4) is 0 Å². The van der Waals surface area contributed by atoms with Gasteiger partial charge in [-0.25, -0.2) is 4.68 Å². The summed E-state index contributed by atoms with van der Waals surface area (Å²) in [6.45, 7) is 3.40. The average molecular weight is 333 g/mol. The highest BCUT2D eigenvalue weighted by atomic mass is 35.5. The molecule has 1 fully saturated rings. The van der Waals surface area contributed by atoms with Crippen LogP contribution in [0.4, 0.5) is 0 Å². The molecule has 1 aliphatic heterocycles. The Morgan fingerprint density at radius 3 is 3.00 bits per heavy atom. The van der Waals surface area contributed by atoms with E-state index in [1.165, 1.54) is 0 Å². The highest BCUT2D eigenvalue weighted by molar-refractivity contribution is 6.30. The number of nitrogens with two attached hydrogens (primary N) is 1. The summed E-state index contributed by atoms with van der Waals surface area (Å²) in [4.78, 5) is 14.7. The summed E-state index contributed by atoms with van der Waals surface area (Å²) < 4.78 is 1.79. The molecule has 3 rings (SSSR count). The van der Waals surface area contributed by atoms with Crippen molar-refractivity contribution < 1.29 is 4.79 Å². The highest BCUT2D eigenvalue weighted by Crippen LogP contribution is 2.21. The van der Waals surface area contributed by atoms with Gasteiger partial charge in [0.2, 0.25) is 0 Å². The van der Waals surface area contributed by atoms with Gasteiger partial charge in [0.1, 0.15) is 0 Å². The van der Waals surface area contributed by atoms with Crippen LogP contribution in [0.2, 0.25) is 5.02 Å². The van der Waals surface area contributed by atoms with Gasteiger partial charge in [0, 0.05) is 24.2 Å². The molecule has 2 aromatic rings. The van der Waals surface area contributed by atoms with Gasteiger partial charge in [-0.05, 0) is 37.5 Å². The zero-order valence-electron chi connectivity index (χ0n) is 13.2. The molecule has 2 heterocycles. The maximum Gasteiger partial charge on any atom is 0.257 e. The lowest BCUT2D eigenvalue weighted by molar-refractivity contribution is 0.0707. The number of hydrogen-bond donors (Lipinski definition) is 1. The first-order chi connectivity index (χ1) is 11.1. The minimum atomic E-state index is 0.0188. The average Bonchev–Trinajstić information content (AvgIpc) is 2.98. The number of amides is 1. The Labute approximate surface area is 141 Å². The molecule has 0 bridgehead atoms. The van der Waals surface area contributed by atoms with Gasteiger partial charge >= 0.3 is 0 Å². The molecule has 0 aliphatic carbocycles. The van der Waals surface area contributed by atoms with Crippen molar-refractivity contribution in [3.63, 3.8) is 0 Å². The van der Waals surface area contributed by atoms with Crippen LogP contribution in [0.25, 0.3) is 5.69 Å². The van der Waals surface area contributed by atoms with Crippen LogP contribution in [-0.2, 0) is 6.42 Å². The van der Waals surface area contributed by atoms with E-state index >= 15 is 0 Å². The molecule has 0 radical (unpaired) electrons. The highest BCUT2D eigenvalue weighted by Gasteiger charge is 2.26. The molecule has 1 atom stereocenters. The fourth-order valence-corrected chi connectivity index (χ4v) is 3.27. The molecule has 1 aromatic heterocycles. The summed E-state index contributed by atoms with van der Waals surface area (Å²) in [5, 5.41) is 5.06. The first kappa shape index (κ1) is 16.0. The Balaban J connectivity index is 1.93. The SMILES string of the molecule is CCc1c(C(=O)N2CCCC(N)C2)cnn1-c1cccc(Cl)c1. The third kappa shape index (κ3) is 3.26. The zero-order valence-corrected chi connectivity index (χ0v) is 14.0. The smallest absolute Gasteiger partial charge is 0.257 e. The van der Waals surface area contributed by atoms with Crippen molar-refractivity contribution in [2.45, 2.75) is 32.2 Å². The Kier molecular flexibility index (Phi) is 4.68. The molecular weight excluding hydrogens is 312 g/mol. The van der Waals surface area contributed by atoms with Crippen LogP contribution >= 0.6 is 11.6 Å². The monoisotopic (exact) mass is 332 g/mol.